The van der Waals surface area contributed by atoms with Crippen LogP contribution in [0.1, 0.15) is 12.5 Å². The summed E-state index contributed by atoms with van der Waals surface area (Å²) < 4.78 is 10.3. The number of amides is 1. The fraction of sp³-hybridized carbons (Fsp3) is 0.385. The maximum Gasteiger partial charge on any atom is 0.407 e. The van der Waals surface area contributed by atoms with E-state index in [1.165, 1.54) is 7.11 Å². The van der Waals surface area contributed by atoms with Gasteiger partial charge in [-0.15, -0.1) is 0 Å². The van der Waals surface area contributed by atoms with Crippen molar-refractivity contribution in [1.29, 1.82) is 0 Å². The number of nitrogens with one attached hydrogen (secondary N) is 1. The van der Waals surface area contributed by atoms with Gasteiger partial charge in [0.2, 0.25) is 0 Å². The Bertz CT molecular complexity index is 450. The molecule has 0 radical (unpaired) electrons. The molecule has 0 fully saturated rings. The zero-order chi connectivity index (χ0) is 14.3. The molecule has 1 N–H and O–H groups in total. The van der Waals surface area contributed by atoms with Gasteiger partial charge >= 0.3 is 12.1 Å². The van der Waals surface area contributed by atoms with Crippen LogP contribution in [-0.4, -0.2) is 31.8 Å². The lowest BCUT2D eigenvalue weighted by Gasteiger charge is -2.16. The minimum absolute atomic E-state index is 0.245. The Morgan fingerprint density at radius 3 is 2.63 bits per heavy atom. The van der Waals surface area contributed by atoms with Gasteiger partial charge in [-0.2, -0.15) is 0 Å². The highest BCUT2D eigenvalue weighted by molar-refractivity contribution is 9.10. The van der Waals surface area contributed by atoms with E-state index in [0.29, 0.717) is 6.42 Å². The monoisotopic (exact) mass is 329 g/mol. The smallest absolute Gasteiger partial charge is 0.407 e. The minimum atomic E-state index is -0.775. The number of ether oxygens (including phenoxy) is 2. The SMILES string of the molecule is CCOC(=O)N[C@@H](Cc1ccccc1Br)C(=O)OC. The van der Waals surface area contributed by atoms with Crippen molar-refractivity contribution < 1.29 is 19.1 Å². The second kappa shape index (κ2) is 7.78. The molecule has 0 unspecified atom stereocenters. The Labute approximate surface area is 120 Å². The third-order valence-electron chi connectivity index (χ3n) is 2.44. The van der Waals surface area contributed by atoms with E-state index in [1.54, 1.807) is 6.92 Å². The molecule has 0 heterocycles. The first-order valence-electron chi connectivity index (χ1n) is 5.83. The van der Waals surface area contributed by atoms with Gasteiger partial charge in [-0.05, 0) is 18.6 Å². The van der Waals surface area contributed by atoms with Gasteiger partial charge in [0.1, 0.15) is 6.04 Å². The molecule has 6 heteroatoms. The summed E-state index contributed by atoms with van der Waals surface area (Å²) in [5.74, 6) is -0.510. The standard InChI is InChI=1S/C13H16BrNO4/c1-3-19-13(17)15-11(12(16)18-2)8-9-6-4-5-7-10(9)14/h4-7,11H,3,8H2,1-2H3,(H,15,17)/t11-/m0/s1. The van der Waals surface area contributed by atoms with Gasteiger partial charge < -0.3 is 14.8 Å². The van der Waals surface area contributed by atoms with Gasteiger partial charge in [-0.1, -0.05) is 34.1 Å². The zero-order valence-electron chi connectivity index (χ0n) is 10.8. The molecule has 1 aromatic carbocycles. The first kappa shape index (κ1) is 15.5. The maximum absolute atomic E-state index is 11.7. The van der Waals surface area contributed by atoms with Gasteiger partial charge in [0.15, 0.2) is 0 Å². The Morgan fingerprint density at radius 1 is 1.37 bits per heavy atom. The molecule has 5 nitrogen and oxygen atoms in total. The number of benzene rings is 1. The number of carbonyl (C=O) groups is 2. The molecule has 0 saturated heterocycles. The summed E-state index contributed by atoms with van der Waals surface area (Å²) in [6.45, 7) is 1.94. The van der Waals surface area contributed by atoms with Crippen molar-refractivity contribution in [2.24, 2.45) is 0 Å². The van der Waals surface area contributed by atoms with E-state index in [1.807, 2.05) is 24.3 Å². The second-order valence-electron chi connectivity index (χ2n) is 3.74. The number of hydrogen-bond acceptors (Lipinski definition) is 4. The molecule has 104 valence electrons. The van der Waals surface area contributed by atoms with E-state index < -0.39 is 18.1 Å². The number of hydrogen-bond donors (Lipinski definition) is 1. The van der Waals surface area contributed by atoms with Crippen molar-refractivity contribution in [3.05, 3.63) is 34.3 Å². The number of methoxy groups -OCH3 is 1. The van der Waals surface area contributed by atoms with Crippen LogP contribution in [0.2, 0.25) is 0 Å². The molecule has 1 amide bonds. The van der Waals surface area contributed by atoms with Crippen LogP contribution in [0, 0.1) is 0 Å². The van der Waals surface area contributed by atoms with Crippen molar-refractivity contribution in [1.82, 2.24) is 5.32 Å². The summed E-state index contributed by atoms with van der Waals surface area (Å²) in [5, 5.41) is 2.49. The van der Waals surface area contributed by atoms with Crippen LogP contribution in [-0.2, 0) is 20.7 Å². The van der Waals surface area contributed by atoms with E-state index in [2.05, 4.69) is 26.0 Å². The molecule has 19 heavy (non-hydrogen) atoms. The van der Waals surface area contributed by atoms with Gasteiger partial charge in [0.05, 0.1) is 13.7 Å². The number of alkyl carbamates (subject to hydrolysis) is 1. The molecule has 0 bridgehead atoms. The van der Waals surface area contributed by atoms with Gasteiger partial charge in [-0.3, -0.25) is 0 Å². The molecule has 1 rings (SSSR count). The first-order valence-corrected chi connectivity index (χ1v) is 6.62. The van der Waals surface area contributed by atoms with Crippen molar-refractivity contribution in [3.8, 4) is 0 Å². The summed E-state index contributed by atoms with van der Waals surface area (Å²) in [5.41, 5.74) is 0.898. The molecule has 0 aliphatic rings. The van der Waals surface area contributed by atoms with E-state index in [4.69, 9.17) is 4.74 Å². The topological polar surface area (TPSA) is 64.6 Å². The van der Waals surface area contributed by atoms with Crippen LogP contribution in [0.5, 0.6) is 0 Å². The molecule has 1 atom stereocenters. The molecule has 1 aromatic rings. The lowest BCUT2D eigenvalue weighted by molar-refractivity contribution is -0.142. The Hall–Kier alpha value is -1.56. The van der Waals surface area contributed by atoms with E-state index >= 15 is 0 Å². The average Bonchev–Trinajstić information content (AvgIpc) is 2.39. The normalized spacial score (nSPS) is 11.5. The third-order valence-corrected chi connectivity index (χ3v) is 3.21. The van der Waals surface area contributed by atoms with Gasteiger partial charge in [0, 0.05) is 10.9 Å². The summed E-state index contributed by atoms with van der Waals surface area (Å²) in [4.78, 5) is 23.1. The number of esters is 1. The molecule has 0 aliphatic heterocycles. The number of halogens is 1. The molecule has 0 aliphatic carbocycles. The lowest BCUT2D eigenvalue weighted by atomic mass is 10.1. The first-order chi connectivity index (χ1) is 9.08. The Kier molecular flexibility index (Phi) is 6.35. The maximum atomic E-state index is 11.7. The van der Waals surface area contributed by atoms with Crippen LogP contribution >= 0.6 is 15.9 Å². The number of carbonyl (C=O) groups excluding carboxylic acids is 2. The molecule has 0 spiro atoms. The Morgan fingerprint density at radius 2 is 2.05 bits per heavy atom. The van der Waals surface area contributed by atoms with Crippen molar-refractivity contribution >= 4 is 28.0 Å². The quantitative estimate of drug-likeness (QED) is 0.842. The fourth-order valence-electron chi connectivity index (χ4n) is 1.53. The van der Waals surface area contributed by atoms with Crippen molar-refractivity contribution in [2.45, 2.75) is 19.4 Å². The lowest BCUT2D eigenvalue weighted by Crippen LogP contribution is -2.43. The van der Waals surface area contributed by atoms with Crippen molar-refractivity contribution in [2.75, 3.05) is 13.7 Å². The second-order valence-corrected chi connectivity index (χ2v) is 4.59. The molecule has 0 saturated carbocycles. The highest BCUT2D eigenvalue weighted by Gasteiger charge is 2.23. The largest absolute Gasteiger partial charge is 0.467 e. The predicted octanol–water partition coefficient (Wildman–Crippen LogP) is 2.28. The number of rotatable bonds is 5. The molecular weight excluding hydrogens is 314 g/mol. The highest BCUT2D eigenvalue weighted by Crippen LogP contribution is 2.17. The van der Waals surface area contributed by atoms with Crippen LogP contribution in [0.25, 0.3) is 0 Å². The van der Waals surface area contributed by atoms with E-state index in [0.717, 1.165) is 10.0 Å². The summed E-state index contributed by atoms with van der Waals surface area (Å²) >= 11 is 3.40. The highest BCUT2D eigenvalue weighted by atomic mass is 79.9. The van der Waals surface area contributed by atoms with Crippen LogP contribution in [0.3, 0.4) is 0 Å². The van der Waals surface area contributed by atoms with E-state index in [9.17, 15) is 9.59 Å². The van der Waals surface area contributed by atoms with Crippen molar-refractivity contribution in [3.63, 3.8) is 0 Å². The van der Waals surface area contributed by atoms with Crippen LogP contribution in [0.15, 0.2) is 28.7 Å². The minimum Gasteiger partial charge on any atom is -0.467 e. The fourth-order valence-corrected chi connectivity index (χ4v) is 1.98. The third kappa shape index (κ3) is 4.90. The summed E-state index contributed by atoms with van der Waals surface area (Å²) in [6, 6.07) is 6.70. The molecule has 0 aromatic heterocycles. The summed E-state index contributed by atoms with van der Waals surface area (Å²) in [7, 11) is 1.28. The Balaban J connectivity index is 2.78. The predicted molar refractivity (Wildman–Crippen MR) is 73.8 cm³/mol. The molecular formula is C13H16BrNO4. The zero-order valence-corrected chi connectivity index (χ0v) is 12.4. The van der Waals surface area contributed by atoms with Gasteiger partial charge in [0.25, 0.3) is 0 Å². The van der Waals surface area contributed by atoms with Gasteiger partial charge in [-0.25, -0.2) is 9.59 Å². The van der Waals surface area contributed by atoms with Crippen LogP contribution < -0.4 is 5.32 Å². The van der Waals surface area contributed by atoms with Crippen LogP contribution in [0.4, 0.5) is 4.79 Å². The summed E-state index contributed by atoms with van der Waals surface area (Å²) in [6.07, 6.45) is -0.308. The average molecular weight is 330 g/mol. The van der Waals surface area contributed by atoms with E-state index in [-0.39, 0.29) is 6.61 Å².